The maximum atomic E-state index is 11.8. The molecule has 0 saturated heterocycles. The van der Waals surface area contributed by atoms with E-state index in [2.05, 4.69) is 19.9 Å². The quantitative estimate of drug-likeness (QED) is 0.599. The lowest BCUT2D eigenvalue weighted by molar-refractivity contribution is -0.142. The molecular formula is C19H24O2. The zero-order chi connectivity index (χ0) is 14.9. The summed E-state index contributed by atoms with van der Waals surface area (Å²) in [6.45, 7) is 5.27. The molecule has 3 aliphatic carbocycles. The fourth-order valence-corrected chi connectivity index (χ4v) is 3.85. The van der Waals surface area contributed by atoms with E-state index in [4.69, 9.17) is 4.74 Å². The number of hydrogen-bond acceptors (Lipinski definition) is 2. The number of allylic oxidation sites excluding steroid dienone is 1. The maximum absolute atomic E-state index is 11.8. The Morgan fingerprint density at radius 2 is 2.05 bits per heavy atom. The lowest BCUT2D eigenvalue weighted by Gasteiger charge is -2.56. The van der Waals surface area contributed by atoms with E-state index < -0.39 is 0 Å². The molecule has 1 saturated carbocycles. The van der Waals surface area contributed by atoms with Gasteiger partial charge in [-0.3, -0.25) is 4.79 Å². The summed E-state index contributed by atoms with van der Waals surface area (Å²) in [4.78, 5) is 11.8. The molecule has 21 heavy (non-hydrogen) atoms. The number of benzene rings is 1. The van der Waals surface area contributed by atoms with Gasteiger partial charge < -0.3 is 4.74 Å². The maximum Gasteiger partial charge on any atom is 0.310 e. The van der Waals surface area contributed by atoms with Crippen molar-refractivity contribution < 1.29 is 9.53 Å². The molecule has 2 heteroatoms. The van der Waals surface area contributed by atoms with Gasteiger partial charge in [0.2, 0.25) is 0 Å². The van der Waals surface area contributed by atoms with Gasteiger partial charge in [-0.25, -0.2) is 0 Å². The van der Waals surface area contributed by atoms with Crippen molar-refractivity contribution in [1.29, 1.82) is 0 Å². The molecule has 2 bridgehead atoms. The van der Waals surface area contributed by atoms with E-state index in [0.29, 0.717) is 24.4 Å². The minimum Gasteiger partial charge on any atom is -0.465 e. The Labute approximate surface area is 127 Å². The van der Waals surface area contributed by atoms with Gasteiger partial charge in [0.15, 0.2) is 0 Å². The average Bonchev–Trinajstić information content (AvgIpc) is 2.48. The SMILES string of the molecule is CC1(C)C2CC=C(CCOC(=O)Cc3ccccc3)C1C2. The minimum absolute atomic E-state index is 0.122. The third-order valence-electron chi connectivity index (χ3n) is 5.43. The molecule has 2 unspecified atom stereocenters. The molecule has 0 aliphatic heterocycles. The molecule has 1 aromatic carbocycles. The number of hydrogen-bond donors (Lipinski definition) is 0. The Balaban J connectivity index is 1.44. The molecular weight excluding hydrogens is 260 g/mol. The van der Waals surface area contributed by atoms with E-state index in [-0.39, 0.29) is 5.97 Å². The highest BCUT2D eigenvalue weighted by atomic mass is 16.5. The summed E-state index contributed by atoms with van der Waals surface area (Å²) in [5.41, 5.74) is 2.98. The number of rotatable bonds is 5. The lowest BCUT2D eigenvalue weighted by Crippen LogP contribution is -2.48. The first kappa shape index (κ1) is 14.4. The number of carbonyl (C=O) groups excluding carboxylic acids is 1. The van der Waals surface area contributed by atoms with Crippen LogP contribution in [0.2, 0.25) is 0 Å². The summed E-state index contributed by atoms with van der Waals surface area (Å²) in [5, 5.41) is 0. The first-order valence-electron chi connectivity index (χ1n) is 7.96. The Kier molecular flexibility index (Phi) is 3.88. The van der Waals surface area contributed by atoms with Crippen LogP contribution in [-0.2, 0) is 16.0 Å². The summed E-state index contributed by atoms with van der Waals surface area (Å²) in [6.07, 6.45) is 6.20. The van der Waals surface area contributed by atoms with Crippen LogP contribution in [-0.4, -0.2) is 12.6 Å². The van der Waals surface area contributed by atoms with Crippen molar-refractivity contribution >= 4 is 5.97 Å². The highest BCUT2D eigenvalue weighted by Gasteiger charge is 2.50. The Bertz CT molecular complexity index is 542. The van der Waals surface area contributed by atoms with Gasteiger partial charge in [0.1, 0.15) is 0 Å². The Morgan fingerprint density at radius 1 is 1.29 bits per heavy atom. The average molecular weight is 284 g/mol. The van der Waals surface area contributed by atoms with E-state index in [1.54, 1.807) is 0 Å². The van der Waals surface area contributed by atoms with Crippen LogP contribution in [0.15, 0.2) is 42.0 Å². The van der Waals surface area contributed by atoms with E-state index in [1.165, 1.54) is 18.4 Å². The Hall–Kier alpha value is -1.57. The monoisotopic (exact) mass is 284 g/mol. The summed E-state index contributed by atoms with van der Waals surface area (Å²) in [5.74, 6) is 1.46. The first-order valence-corrected chi connectivity index (χ1v) is 7.96. The van der Waals surface area contributed by atoms with Gasteiger partial charge in [-0.1, -0.05) is 55.8 Å². The fraction of sp³-hybridized carbons (Fsp3) is 0.526. The standard InChI is InChI=1S/C19H24O2/c1-19(2)16-9-8-15(17(19)13-16)10-11-21-18(20)12-14-6-4-3-5-7-14/h3-8,16-17H,9-13H2,1-2H3. The molecule has 112 valence electrons. The van der Waals surface area contributed by atoms with Crippen molar-refractivity contribution in [3.8, 4) is 0 Å². The van der Waals surface area contributed by atoms with E-state index >= 15 is 0 Å². The molecule has 1 aromatic rings. The van der Waals surface area contributed by atoms with Gasteiger partial charge in [-0.15, -0.1) is 0 Å². The minimum atomic E-state index is -0.122. The molecule has 0 amide bonds. The van der Waals surface area contributed by atoms with Crippen LogP contribution >= 0.6 is 0 Å². The molecule has 4 rings (SSSR count). The van der Waals surface area contributed by atoms with Crippen molar-refractivity contribution in [1.82, 2.24) is 0 Å². The number of ether oxygens (including phenoxy) is 1. The lowest BCUT2D eigenvalue weighted by atomic mass is 9.48. The molecule has 0 spiro atoms. The van der Waals surface area contributed by atoms with Crippen molar-refractivity contribution in [3.05, 3.63) is 47.5 Å². The van der Waals surface area contributed by atoms with Gasteiger partial charge in [0, 0.05) is 6.42 Å². The second kappa shape index (κ2) is 5.67. The van der Waals surface area contributed by atoms with Crippen molar-refractivity contribution in [3.63, 3.8) is 0 Å². The second-order valence-electron chi connectivity index (χ2n) is 6.95. The van der Waals surface area contributed by atoms with Gasteiger partial charge in [-0.2, -0.15) is 0 Å². The van der Waals surface area contributed by atoms with Gasteiger partial charge in [0.05, 0.1) is 13.0 Å². The van der Waals surface area contributed by atoms with Crippen LogP contribution in [0.25, 0.3) is 0 Å². The molecule has 0 heterocycles. The largest absolute Gasteiger partial charge is 0.465 e. The number of fused-ring (bicyclic) bond motifs is 1. The topological polar surface area (TPSA) is 26.3 Å². The fourth-order valence-electron chi connectivity index (χ4n) is 3.85. The molecule has 1 fully saturated rings. The van der Waals surface area contributed by atoms with Crippen LogP contribution < -0.4 is 0 Å². The first-order chi connectivity index (χ1) is 10.1. The summed E-state index contributed by atoms with van der Waals surface area (Å²) in [6, 6.07) is 9.77. The van der Waals surface area contributed by atoms with Crippen LogP contribution in [0.4, 0.5) is 0 Å². The Morgan fingerprint density at radius 3 is 2.71 bits per heavy atom. The van der Waals surface area contributed by atoms with Crippen molar-refractivity contribution in [2.45, 2.75) is 39.5 Å². The van der Waals surface area contributed by atoms with E-state index in [0.717, 1.165) is 17.9 Å². The summed E-state index contributed by atoms with van der Waals surface area (Å²) >= 11 is 0. The molecule has 0 aromatic heterocycles. The predicted molar refractivity (Wildman–Crippen MR) is 83.8 cm³/mol. The van der Waals surface area contributed by atoms with Crippen LogP contribution in [0.1, 0.15) is 38.7 Å². The summed E-state index contributed by atoms with van der Waals surface area (Å²) < 4.78 is 5.40. The normalized spacial score (nSPS) is 25.7. The predicted octanol–water partition coefficient (Wildman–Crippen LogP) is 4.15. The molecule has 2 atom stereocenters. The van der Waals surface area contributed by atoms with Crippen molar-refractivity contribution in [2.75, 3.05) is 6.61 Å². The zero-order valence-corrected chi connectivity index (χ0v) is 13.0. The zero-order valence-electron chi connectivity index (χ0n) is 13.0. The van der Waals surface area contributed by atoms with Crippen LogP contribution in [0.3, 0.4) is 0 Å². The highest BCUT2D eigenvalue weighted by Crippen LogP contribution is 2.59. The second-order valence-corrected chi connectivity index (χ2v) is 6.95. The smallest absolute Gasteiger partial charge is 0.310 e. The van der Waals surface area contributed by atoms with Crippen LogP contribution in [0.5, 0.6) is 0 Å². The van der Waals surface area contributed by atoms with Gasteiger partial charge in [0.25, 0.3) is 0 Å². The van der Waals surface area contributed by atoms with Gasteiger partial charge >= 0.3 is 5.97 Å². The number of carbonyl (C=O) groups is 1. The molecule has 2 nitrogen and oxygen atoms in total. The number of esters is 1. The molecule has 0 radical (unpaired) electrons. The summed E-state index contributed by atoms with van der Waals surface area (Å²) in [7, 11) is 0. The molecule has 0 N–H and O–H groups in total. The highest BCUT2D eigenvalue weighted by molar-refractivity contribution is 5.72. The van der Waals surface area contributed by atoms with E-state index in [9.17, 15) is 4.79 Å². The third-order valence-corrected chi connectivity index (χ3v) is 5.43. The third kappa shape index (κ3) is 2.90. The van der Waals surface area contributed by atoms with Crippen molar-refractivity contribution in [2.24, 2.45) is 17.3 Å². The van der Waals surface area contributed by atoms with Crippen LogP contribution in [0, 0.1) is 17.3 Å². The molecule has 3 aliphatic rings. The van der Waals surface area contributed by atoms with E-state index in [1.807, 2.05) is 30.3 Å². The van der Waals surface area contributed by atoms with Gasteiger partial charge in [-0.05, 0) is 35.7 Å².